The Kier molecular flexibility index (Phi) is 4.48. The van der Waals surface area contributed by atoms with Crippen LogP contribution in [0.25, 0.3) is 0 Å². The molecule has 0 saturated carbocycles. The smallest absolute Gasteiger partial charge is 0.0991 e. The largest absolute Gasteiger partial charge is 0.326 e. The van der Waals surface area contributed by atoms with E-state index in [1.807, 2.05) is 6.92 Å². The molecule has 0 atom stereocenters. The summed E-state index contributed by atoms with van der Waals surface area (Å²) < 4.78 is 0. The molecule has 2 N–H and O–H groups in total. The first-order valence-corrected chi connectivity index (χ1v) is 7.86. The summed E-state index contributed by atoms with van der Waals surface area (Å²) in [5.74, 6) is 0.617. The number of hydrogen-bond donors (Lipinski definition) is 1. The molecule has 0 aromatic carbocycles. The van der Waals surface area contributed by atoms with E-state index in [9.17, 15) is 0 Å². The van der Waals surface area contributed by atoms with Gasteiger partial charge in [0.05, 0.1) is 21.4 Å². The van der Waals surface area contributed by atoms with E-state index in [0.29, 0.717) is 12.5 Å². The van der Waals surface area contributed by atoms with Gasteiger partial charge in [0.1, 0.15) is 0 Å². The Morgan fingerprint density at radius 2 is 2.11 bits per heavy atom. The molecule has 0 aliphatic carbocycles. The first-order chi connectivity index (χ1) is 8.58. The van der Waals surface area contributed by atoms with Crippen molar-refractivity contribution in [3.8, 4) is 0 Å². The Labute approximate surface area is 116 Å². The summed E-state index contributed by atoms with van der Waals surface area (Å²) in [4.78, 5) is 10.4. The number of rotatable bonds is 5. The molecular formula is C13H19N3S2. The van der Waals surface area contributed by atoms with E-state index in [-0.39, 0.29) is 0 Å². The summed E-state index contributed by atoms with van der Waals surface area (Å²) in [5, 5.41) is 4.36. The van der Waals surface area contributed by atoms with Crippen molar-refractivity contribution in [2.45, 2.75) is 40.2 Å². The Morgan fingerprint density at radius 1 is 1.33 bits per heavy atom. The fraction of sp³-hybridized carbons (Fsp3) is 0.538. The van der Waals surface area contributed by atoms with Crippen molar-refractivity contribution in [2.75, 3.05) is 0 Å². The lowest BCUT2D eigenvalue weighted by molar-refractivity contribution is 0.632. The molecule has 0 spiro atoms. The molecule has 0 saturated heterocycles. The predicted molar refractivity (Wildman–Crippen MR) is 78.2 cm³/mol. The predicted octanol–water partition coefficient (Wildman–Crippen LogP) is 3.16. The van der Waals surface area contributed by atoms with Gasteiger partial charge in [-0.15, -0.1) is 22.7 Å². The second-order valence-electron chi connectivity index (χ2n) is 4.81. The molecule has 98 valence electrons. The van der Waals surface area contributed by atoms with Crippen LogP contribution in [-0.2, 0) is 19.4 Å². The van der Waals surface area contributed by atoms with Crippen molar-refractivity contribution in [3.05, 3.63) is 31.7 Å². The lowest BCUT2D eigenvalue weighted by Crippen LogP contribution is -2.02. The molecule has 0 unspecified atom stereocenters. The molecule has 0 amide bonds. The van der Waals surface area contributed by atoms with Gasteiger partial charge in [-0.25, -0.2) is 9.97 Å². The van der Waals surface area contributed by atoms with Crippen molar-refractivity contribution in [1.82, 2.24) is 9.97 Å². The average molecular weight is 281 g/mol. The number of hydrogen-bond acceptors (Lipinski definition) is 5. The average Bonchev–Trinajstić information content (AvgIpc) is 2.85. The molecule has 18 heavy (non-hydrogen) atoms. The molecule has 0 aliphatic heterocycles. The van der Waals surface area contributed by atoms with Gasteiger partial charge in [0.2, 0.25) is 0 Å². The van der Waals surface area contributed by atoms with Gasteiger partial charge in [-0.3, -0.25) is 0 Å². The monoisotopic (exact) mass is 281 g/mol. The molecule has 2 heterocycles. The quantitative estimate of drug-likeness (QED) is 0.916. The van der Waals surface area contributed by atoms with Crippen LogP contribution in [0.4, 0.5) is 0 Å². The van der Waals surface area contributed by atoms with Crippen LogP contribution in [-0.4, -0.2) is 9.97 Å². The molecule has 2 aromatic heterocycles. The second-order valence-corrected chi connectivity index (χ2v) is 7.04. The van der Waals surface area contributed by atoms with Gasteiger partial charge in [0.25, 0.3) is 0 Å². The van der Waals surface area contributed by atoms with Gasteiger partial charge in [0.15, 0.2) is 0 Å². The summed E-state index contributed by atoms with van der Waals surface area (Å²) >= 11 is 3.43. The van der Waals surface area contributed by atoms with Crippen LogP contribution in [0.1, 0.15) is 40.1 Å². The highest BCUT2D eigenvalue weighted by Crippen LogP contribution is 2.23. The number of thiazole rings is 2. The number of nitrogens with two attached hydrogens (primary N) is 1. The third kappa shape index (κ3) is 3.37. The Morgan fingerprint density at radius 3 is 2.67 bits per heavy atom. The molecular weight excluding hydrogens is 262 g/mol. The van der Waals surface area contributed by atoms with E-state index < -0.39 is 0 Å². The minimum absolute atomic E-state index is 0.593. The SMILES string of the molecule is Cc1nc(Cc2nc(CC(C)C)c(CN)s2)cs1. The van der Waals surface area contributed by atoms with E-state index in [1.54, 1.807) is 22.7 Å². The van der Waals surface area contributed by atoms with Gasteiger partial charge < -0.3 is 5.73 Å². The van der Waals surface area contributed by atoms with E-state index >= 15 is 0 Å². The maximum atomic E-state index is 5.79. The summed E-state index contributed by atoms with van der Waals surface area (Å²) in [6.45, 7) is 7.05. The lowest BCUT2D eigenvalue weighted by Gasteiger charge is -2.02. The van der Waals surface area contributed by atoms with Crippen LogP contribution in [0.15, 0.2) is 5.38 Å². The van der Waals surface area contributed by atoms with Crippen LogP contribution in [0.3, 0.4) is 0 Å². The second kappa shape index (κ2) is 5.91. The molecule has 5 heteroatoms. The van der Waals surface area contributed by atoms with Crippen LogP contribution in [0.2, 0.25) is 0 Å². The zero-order valence-corrected chi connectivity index (χ0v) is 12.7. The number of aryl methyl sites for hydroxylation is 1. The maximum Gasteiger partial charge on any atom is 0.0991 e. The van der Waals surface area contributed by atoms with E-state index in [0.717, 1.165) is 28.6 Å². The third-order valence-corrected chi connectivity index (χ3v) is 4.55. The molecule has 0 radical (unpaired) electrons. The summed E-state index contributed by atoms with van der Waals surface area (Å²) in [6, 6.07) is 0. The van der Waals surface area contributed by atoms with Gasteiger partial charge >= 0.3 is 0 Å². The normalized spacial score (nSPS) is 11.4. The molecule has 2 rings (SSSR count). The topological polar surface area (TPSA) is 51.8 Å². The molecule has 0 fully saturated rings. The highest BCUT2D eigenvalue weighted by molar-refractivity contribution is 7.11. The summed E-state index contributed by atoms with van der Waals surface area (Å²) in [5.41, 5.74) is 8.09. The van der Waals surface area contributed by atoms with Crippen molar-refractivity contribution >= 4 is 22.7 Å². The summed E-state index contributed by atoms with van der Waals surface area (Å²) in [6.07, 6.45) is 1.85. The first-order valence-electron chi connectivity index (χ1n) is 6.17. The molecule has 0 aliphatic rings. The molecule has 2 aromatic rings. The van der Waals surface area contributed by atoms with Crippen molar-refractivity contribution < 1.29 is 0 Å². The third-order valence-electron chi connectivity index (χ3n) is 2.61. The fourth-order valence-electron chi connectivity index (χ4n) is 1.86. The van der Waals surface area contributed by atoms with Crippen LogP contribution in [0.5, 0.6) is 0 Å². The standard InChI is InChI=1S/C13H19N3S2/c1-8(2)4-11-12(6-14)18-13(16-11)5-10-7-17-9(3)15-10/h7-8H,4-6,14H2,1-3H3. The summed E-state index contributed by atoms with van der Waals surface area (Å²) in [7, 11) is 0. The highest BCUT2D eigenvalue weighted by Gasteiger charge is 2.12. The zero-order valence-electron chi connectivity index (χ0n) is 11.1. The van der Waals surface area contributed by atoms with E-state index in [4.69, 9.17) is 10.7 Å². The Balaban J connectivity index is 2.16. The maximum absolute atomic E-state index is 5.79. The van der Waals surface area contributed by atoms with Crippen molar-refractivity contribution in [3.63, 3.8) is 0 Å². The fourth-order valence-corrected chi connectivity index (χ4v) is 3.47. The van der Waals surface area contributed by atoms with Crippen LogP contribution < -0.4 is 5.73 Å². The van der Waals surface area contributed by atoms with Crippen LogP contribution in [0, 0.1) is 12.8 Å². The van der Waals surface area contributed by atoms with Gasteiger partial charge in [0, 0.05) is 23.2 Å². The lowest BCUT2D eigenvalue weighted by atomic mass is 10.1. The number of aromatic nitrogens is 2. The van der Waals surface area contributed by atoms with Crippen molar-refractivity contribution in [2.24, 2.45) is 11.7 Å². The minimum Gasteiger partial charge on any atom is -0.326 e. The zero-order chi connectivity index (χ0) is 13.1. The van der Waals surface area contributed by atoms with Gasteiger partial charge in [-0.1, -0.05) is 13.8 Å². The van der Waals surface area contributed by atoms with Crippen molar-refractivity contribution in [1.29, 1.82) is 0 Å². The molecule has 3 nitrogen and oxygen atoms in total. The Bertz CT molecular complexity index is 514. The Hall–Kier alpha value is -0.780. The minimum atomic E-state index is 0.593. The first kappa shape index (κ1) is 13.6. The van der Waals surface area contributed by atoms with Crippen LogP contribution >= 0.6 is 22.7 Å². The van der Waals surface area contributed by atoms with E-state index in [1.165, 1.54) is 10.6 Å². The molecule has 0 bridgehead atoms. The van der Waals surface area contributed by atoms with Gasteiger partial charge in [-0.2, -0.15) is 0 Å². The van der Waals surface area contributed by atoms with E-state index in [2.05, 4.69) is 24.2 Å². The highest BCUT2D eigenvalue weighted by atomic mass is 32.1. The number of nitrogens with zero attached hydrogens (tertiary/aromatic N) is 2. The van der Waals surface area contributed by atoms with Gasteiger partial charge in [-0.05, 0) is 19.3 Å².